The van der Waals surface area contributed by atoms with E-state index in [1.54, 1.807) is 17.4 Å². The van der Waals surface area contributed by atoms with E-state index < -0.39 is 6.03 Å². The van der Waals surface area contributed by atoms with E-state index in [0.717, 1.165) is 29.7 Å². The Balaban J connectivity index is 2.45. The number of hydrogen-bond acceptors (Lipinski definition) is 2. The molecule has 0 atom stereocenters. The summed E-state index contributed by atoms with van der Waals surface area (Å²) >= 11 is 0. The van der Waals surface area contributed by atoms with Gasteiger partial charge in [0.05, 0.1) is 12.5 Å². The number of carbonyl (C=O) groups is 1. The van der Waals surface area contributed by atoms with Gasteiger partial charge in [-0.15, -0.1) is 0 Å². The largest absolute Gasteiger partial charge is 0.472 e. The molecule has 1 heterocycles. The van der Waals surface area contributed by atoms with Gasteiger partial charge in [-0.05, 0) is 45.3 Å². The van der Waals surface area contributed by atoms with Crippen LogP contribution in [0, 0.1) is 0 Å². The first-order chi connectivity index (χ1) is 7.91. The summed E-state index contributed by atoms with van der Waals surface area (Å²) in [5.41, 5.74) is 8.40. The highest BCUT2D eigenvalue weighted by atomic mass is 16.5. The molecule has 4 nitrogen and oxygen atoms in total. The summed E-state index contributed by atoms with van der Waals surface area (Å²) in [6.45, 7) is 5.95. The van der Waals surface area contributed by atoms with Gasteiger partial charge < -0.3 is 10.5 Å². The second-order valence-electron chi connectivity index (χ2n) is 5.29. The van der Waals surface area contributed by atoms with Crippen LogP contribution in [0.2, 0.25) is 0 Å². The molecule has 0 radical (unpaired) electrons. The fourth-order valence-corrected chi connectivity index (χ4v) is 2.36. The normalized spacial score (nSPS) is 18.6. The Bertz CT molecular complexity index is 439. The molecule has 1 aliphatic carbocycles. The van der Waals surface area contributed by atoms with Crippen molar-refractivity contribution in [3.63, 3.8) is 0 Å². The van der Waals surface area contributed by atoms with Crippen molar-refractivity contribution in [1.29, 1.82) is 0 Å². The van der Waals surface area contributed by atoms with Crippen LogP contribution in [0.25, 0.3) is 0 Å². The molecule has 4 heteroatoms. The van der Waals surface area contributed by atoms with E-state index in [4.69, 9.17) is 10.5 Å². The van der Waals surface area contributed by atoms with Crippen molar-refractivity contribution in [3.05, 3.63) is 35.4 Å². The lowest BCUT2D eigenvalue weighted by Gasteiger charge is -2.35. The van der Waals surface area contributed by atoms with Crippen molar-refractivity contribution in [1.82, 2.24) is 4.90 Å². The van der Waals surface area contributed by atoms with Crippen molar-refractivity contribution in [2.24, 2.45) is 5.73 Å². The highest BCUT2D eigenvalue weighted by molar-refractivity contribution is 5.76. The summed E-state index contributed by atoms with van der Waals surface area (Å²) in [6.07, 6.45) is 7.00. The topological polar surface area (TPSA) is 55.6 Å². The molecular weight excluding hydrogens is 216 g/mol. The minimum Gasteiger partial charge on any atom is -0.472 e. The van der Waals surface area contributed by atoms with Crippen LogP contribution < -0.4 is 5.73 Å². The molecule has 0 aromatic carbocycles. The number of fused-ring (bicyclic) bond motifs is 1. The van der Waals surface area contributed by atoms with Crippen LogP contribution in [0.3, 0.4) is 0 Å². The molecule has 0 spiro atoms. The number of allylic oxidation sites excluding steroid dienone is 4. The van der Waals surface area contributed by atoms with Crippen LogP contribution in [0.4, 0.5) is 4.79 Å². The standard InChI is InChI=1S/C13H18N2O2/c1-13(2,3)15(12(14)16)11-5-4-9-8-17-7-6-10(9)11/h6-8H,4-5H2,1-3H3,(H2,14,16). The number of rotatable bonds is 1. The third-order valence-electron chi connectivity index (χ3n) is 2.97. The molecule has 0 aromatic heterocycles. The first-order valence-electron chi connectivity index (χ1n) is 5.75. The van der Waals surface area contributed by atoms with Gasteiger partial charge in [-0.2, -0.15) is 0 Å². The fraction of sp³-hybridized carbons (Fsp3) is 0.462. The van der Waals surface area contributed by atoms with Crippen molar-refractivity contribution in [2.45, 2.75) is 39.2 Å². The monoisotopic (exact) mass is 234 g/mol. The minimum atomic E-state index is -0.402. The Morgan fingerprint density at radius 1 is 1.41 bits per heavy atom. The fourth-order valence-electron chi connectivity index (χ4n) is 2.36. The Labute approximate surface area is 101 Å². The highest BCUT2D eigenvalue weighted by Gasteiger charge is 2.33. The summed E-state index contributed by atoms with van der Waals surface area (Å²) < 4.78 is 5.15. The van der Waals surface area contributed by atoms with E-state index in [-0.39, 0.29) is 5.54 Å². The minimum absolute atomic E-state index is 0.310. The second-order valence-corrected chi connectivity index (χ2v) is 5.29. The lowest BCUT2D eigenvalue weighted by atomic mass is 10.0. The van der Waals surface area contributed by atoms with Crippen LogP contribution in [0.15, 0.2) is 35.4 Å². The Hall–Kier alpha value is -1.71. The number of nitrogens with two attached hydrogens (primary N) is 1. The zero-order chi connectivity index (χ0) is 12.6. The number of nitrogens with zero attached hydrogens (tertiary/aromatic N) is 1. The summed E-state index contributed by atoms with van der Waals surface area (Å²) in [7, 11) is 0. The summed E-state index contributed by atoms with van der Waals surface area (Å²) in [6, 6.07) is -0.402. The number of hydrogen-bond donors (Lipinski definition) is 1. The van der Waals surface area contributed by atoms with E-state index in [2.05, 4.69) is 0 Å². The van der Waals surface area contributed by atoms with Gasteiger partial charge in [0, 0.05) is 16.8 Å². The van der Waals surface area contributed by atoms with Crippen molar-refractivity contribution >= 4 is 6.03 Å². The molecule has 2 rings (SSSR count). The van der Waals surface area contributed by atoms with Crippen molar-refractivity contribution in [3.8, 4) is 0 Å². The van der Waals surface area contributed by atoms with Crippen LogP contribution in [0.5, 0.6) is 0 Å². The zero-order valence-electron chi connectivity index (χ0n) is 10.5. The highest BCUT2D eigenvalue weighted by Crippen LogP contribution is 2.38. The maximum Gasteiger partial charge on any atom is 0.319 e. The molecule has 2 N–H and O–H groups in total. The van der Waals surface area contributed by atoms with Crippen LogP contribution in [-0.2, 0) is 4.74 Å². The Morgan fingerprint density at radius 2 is 2.12 bits per heavy atom. The third-order valence-corrected chi connectivity index (χ3v) is 2.97. The quantitative estimate of drug-likeness (QED) is 0.758. The van der Waals surface area contributed by atoms with Gasteiger partial charge >= 0.3 is 6.03 Å². The average Bonchev–Trinajstić information content (AvgIpc) is 2.60. The van der Waals surface area contributed by atoms with Gasteiger partial charge in [0.1, 0.15) is 0 Å². The number of primary amides is 1. The maximum atomic E-state index is 11.6. The van der Waals surface area contributed by atoms with E-state index >= 15 is 0 Å². The lowest BCUT2D eigenvalue weighted by molar-refractivity contribution is 0.177. The maximum absolute atomic E-state index is 11.6. The molecule has 0 fully saturated rings. The average molecular weight is 234 g/mol. The molecular formula is C13H18N2O2. The molecule has 0 unspecified atom stereocenters. The smallest absolute Gasteiger partial charge is 0.319 e. The summed E-state index contributed by atoms with van der Waals surface area (Å²) in [5, 5.41) is 0. The number of carbonyl (C=O) groups excluding carboxylic acids is 1. The van der Waals surface area contributed by atoms with E-state index in [9.17, 15) is 4.79 Å². The molecule has 0 bridgehead atoms. The molecule has 1 aliphatic heterocycles. The Morgan fingerprint density at radius 3 is 2.71 bits per heavy atom. The van der Waals surface area contributed by atoms with Crippen LogP contribution in [0.1, 0.15) is 33.6 Å². The number of amides is 2. The zero-order valence-corrected chi connectivity index (χ0v) is 10.5. The Kier molecular flexibility index (Phi) is 2.73. The van der Waals surface area contributed by atoms with E-state index in [0.29, 0.717) is 0 Å². The predicted molar refractivity (Wildman–Crippen MR) is 65.7 cm³/mol. The molecule has 2 amide bonds. The summed E-state index contributed by atoms with van der Waals surface area (Å²) in [5.74, 6) is 0. The number of ether oxygens (including phenoxy) is 1. The SMILES string of the molecule is CC(C)(C)N(C(N)=O)C1=C2C=COC=C2CC1. The van der Waals surface area contributed by atoms with Gasteiger partial charge in [-0.3, -0.25) is 4.90 Å². The van der Waals surface area contributed by atoms with Crippen LogP contribution >= 0.6 is 0 Å². The van der Waals surface area contributed by atoms with Crippen LogP contribution in [-0.4, -0.2) is 16.5 Å². The van der Waals surface area contributed by atoms with Gasteiger partial charge in [-0.25, -0.2) is 4.79 Å². The van der Waals surface area contributed by atoms with Gasteiger partial charge in [0.15, 0.2) is 0 Å². The summed E-state index contributed by atoms with van der Waals surface area (Å²) in [4.78, 5) is 13.3. The molecule has 2 aliphatic rings. The second kappa shape index (κ2) is 3.95. The molecule has 0 aromatic rings. The molecule has 0 saturated carbocycles. The molecule has 17 heavy (non-hydrogen) atoms. The molecule has 92 valence electrons. The van der Waals surface area contributed by atoms with Gasteiger partial charge in [0.2, 0.25) is 0 Å². The number of urea groups is 1. The van der Waals surface area contributed by atoms with E-state index in [1.807, 2.05) is 26.8 Å². The first kappa shape index (κ1) is 11.8. The predicted octanol–water partition coefficient (Wildman–Crippen LogP) is 2.64. The van der Waals surface area contributed by atoms with Crippen molar-refractivity contribution in [2.75, 3.05) is 0 Å². The van der Waals surface area contributed by atoms with Gasteiger partial charge in [0.25, 0.3) is 0 Å². The first-order valence-corrected chi connectivity index (χ1v) is 5.75. The molecule has 0 saturated heterocycles. The van der Waals surface area contributed by atoms with E-state index in [1.165, 1.54) is 0 Å². The third kappa shape index (κ3) is 2.07. The lowest BCUT2D eigenvalue weighted by Crippen LogP contribution is -2.47. The van der Waals surface area contributed by atoms with Crippen molar-refractivity contribution < 1.29 is 9.53 Å². The van der Waals surface area contributed by atoms with Gasteiger partial charge in [-0.1, -0.05) is 0 Å².